The number of hydrogen-bond acceptors (Lipinski definition) is 5. The van der Waals surface area contributed by atoms with E-state index in [1.54, 1.807) is 18.3 Å². The van der Waals surface area contributed by atoms with E-state index < -0.39 is 0 Å². The molecule has 0 saturated heterocycles. The zero-order valence-electron chi connectivity index (χ0n) is 15.5. The van der Waals surface area contributed by atoms with Crippen LogP contribution in [0.15, 0.2) is 42.6 Å². The zero-order chi connectivity index (χ0) is 19.4. The van der Waals surface area contributed by atoms with E-state index in [0.29, 0.717) is 22.8 Å². The summed E-state index contributed by atoms with van der Waals surface area (Å²) in [6.45, 7) is 6.18. The van der Waals surface area contributed by atoms with E-state index in [9.17, 15) is 0 Å². The summed E-state index contributed by atoms with van der Waals surface area (Å²) in [6, 6.07) is 13.6. The summed E-state index contributed by atoms with van der Waals surface area (Å²) in [5, 5.41) is 19.9. The van der Waals surface area contributed by atoms with Gasteiger partial charge in [-0.05, 0) is 49.6 Å². The molecule has 0 aliphatic heterocycles. The number of anilines is 2. The second-order valence-electron chi connectivity index (χ2n) is 6.45. The molecule has 0 spiro atoms. The molecule has 133 valence electrons. The molecular formula is C22H20N5. The molecule has 1 heterocycles. The number of nitriles is 1. The number of hydrogen-bond donors (Lipinski definition) is 2. The first-order valence-electron chi connectivity index (χ1n) is 8.57. The Morgan fingerprint density at radius 2 is 1.74 bits per heavy atom. The average molecular weight is 354 g/mol. The van der Waals surface area contributed by atoms with Crippen molar-refractivity contribution in [2.24, 2.45) is 0 Å². The molecule has 5 heteroatoms. The van der Waals surface area contributed by atoms with Crippen molar-refractivity contribution < 1.29 is 0 Å². The van der Waals surface area contributed by atoms with Gasteiger partial charge in [0.15, 0.2) is 0 Å². The highest BCUT2D eigenvalue weighted by molar-refractivity contribution is 5.85. The molecule has 27 heavy (non-hydrogen) atoms. The van der Waals surface area contributed by atoms with Gasteiger partial charge in [-0.25, -0.2) is 9.97 Å². The molecule has 0 saturated carbocycles. The van der Waals surface area contributed by atoms with E-state index >= 15 is 0 Å². The van der Waals surface area contributed by atoms with E-state index in [2.05, 4.69) is 54.3 Å². The molecule has 1 radical (unpaired) electrons. The van der Waals surface area contributed by atoms with Crippen molar-refractivity contribution in [2.45, 2.75) is 20.8 Å². The minimum absolute atomic E-state index is 0.537. The van der Waals surface area contributed by atoms with Crippen LogP contribution in [0.5, 0.6) is 0 Å². The fourth-order valence-corrected chi connectivity index (χ4v) is 2.98. The molecular weight excluding hydrogens is 334 g/mol. The molecule has 0 unspecified atom stereocenters. The first kappa shape index (κ1) is 18.3. The predicted octanol–water partition coefficient (Wildman–Crippen LogP) is 4.62. The van der Waals surface area contributed by atoms with Crippen LogP contribution in [0.3, 0.4) is 0 Å². The standard InChI is InChI=1S/C22H20N5/c1-14-8-15(2)21(16(3)9-14)27-22-19(12-24)13-25-20(26-22)10-17-4-6-18(11-23)7-5-17/h4-10,12-13,24H,1-3H3,(H,25,26,27). The second-order valence-corrected chi connectivity index (χ2v) is 6.45. The Labute approximate surface area is 159 Å². The minimum Gasteiger partial charge on any atom is -0.339 e. The van der Waals surface area contributed by atoms with Crippen molar-refractivity contribution in [1.29, 1.82) is 10.7 Å². The van der Waals surface area contributed by atoms with Crippen LogP contribution in [0.1, 0.15) is 39.2 Å². The molecule has 2 N–H and O–H groups in total. The minimum atomic E-state index is 0.537. The lowest BCUT2D eigenvalue weighted by Crippen LogP contribution is -2.06. The van der Waals surface area contributed by atoms with Gasteiger partial charge in [0.1, 0.15) is 11.6 Å². The molecule has 0 amide bonds. The van der Waals surface area contributed by atoms with Crippen molar-refractivity contribution in [3.05, 3.63) is 88.2 Å². The third-order valence-corrected chi connectivity index (χ3v) is 4.25. The molecule has 2 aromatic carbocycles. The summed E-state index contributed by atoms with van der Waals surface area (Å²) >= 11 is 0. The Kier molecular flexibility index (Phi) is 5.28. The monoisotopic (exact) mass is 354 g/mol. The van der Waals surface area contributed by atoms with Gasteiger partial charge in [-0.3, -0.25) is 0 Å². The van der Waals surface area contributed by atoms with E-state index in [1.165, 1.54) is 11.8 Å². The number of aromatic nitrogens is 2. The first-order chi connectivity index (χ1) is 13.0. The van der Waals surface area contributed by atoms with Gasteiger partial charge in [-0.15, -0.1) is 0 Å². The van der Waals surface area contributed by atoms with Gasteiger partial charge in [0.05, 0.1) is 23.6 Å². The van der Waals surface area contributed by atoms with Crippen LogP contribution in [-0.2, 0) is 0 Å². The number of nitrogens with one attached hydrogen (secondary N) is 2. The van der Waals surface area contributed by atoms with Gasteiger partial charge < -0.3 is 10.7 Å². The molecule has 5 nitrogen and oxygen atoms in total. The lowest BCUT2D eigenvalue weighted by molar-refractivity contribution is 1.07. The summed E-state index contributed by atoms with van der Waals surface area (Å²) in [5.41, 5.74) is 6.59. The van der Waals surface area contributed by atoms with Crippen molar-refractivity contribution in [3.8, 4) is 6.07 Å². The summed E-state index contributed by atoms with van der Waals surface area (Å²) in [4.78, 5) is 8.91. The van der Waals surface area contributed by atoms with Crippen molar-refractivity contribution in [2.75, 3.05) is 5.32 Å². The Bertz CT molecular complexity index is 1010. The molecule has 0 bridgehead atoms. The SMILES string of the molecule is Cc1cc(C)c(Nc2nc([CH]c3ccc(C#N)cc3)ncc2C=N)c(C)c1. The molecule has 0 aliphatic carbocycles. The van der Waals surface area contributed by atoms with Crippen molar-refractivity contribution in [1.82, 2.24) is 9.97 Å². The molecule has 0 atom stereocenters. The van der Waals surface area contributed by atoms with Crippen LogP contribution >= 0.6 is 0 Å². The maximum atomic E-state index is 8.90. The van der Waals surface area contributed by atoms with Crippen LogP contribution in [0.2, 0.25) is 0 Å². The summed E-state index contributed by atoms with van der Waals surface area (Å²) < 4.78 is 0. The summed E-state index contributed by atoms with van der Waals surface area (Å²) in [7, 11) is 0. The Morgan fingerprint density at radius 1 is 1.07 bits per heavy atom. The van der Waals surface area contributed by atoms with Gasteiger partial charge in [-0.1, -0.05) is 29.8 Å². The summed E-state index contributed by atoms with van der Waals surface area (Å²) in [5.74, 6) is 1.13. The van der Waals surface area contributed by atoms with Crippen LogP contribution in [0.25, 0.3) is 0 Å². The summed E-state index contributed by atoms with van der Waals surface area (Å²) in [6.07, 6.45) is 4.72. The number of aryl methyl sites for hydroxylation is 3. The Hall–Kier alpha value is -3.52. The normalized spacial score (nSPS) is 10.3. The topological polar surface area (TPSA) is 85.5 Å². The lowest BCUT2D eigenvalue weighted by atomic mass is 10.0. The van der Waals surface area contributed by atoms with Gasteiger partial charge >= 0.3 is 0 Å². The number of benzene rings is 2. The van der Waals surface area contributed by atoms with Gasteiger partial charge in [0.25, 0.3) is 0 Å². The predicted molar refractivity (Wildman–Crippen MR) is 108 cm³/mol. The molecule has 0 aliphatic rings. The van der Waals surface area contributed by atoms with Crippen LogP contribution in [0.4, 0.5) is 11.5 Å². The Balaban J connectivity index is 1.92. The first-order valence-corrected chi connectivity index (χ1v) is 8.57. The molecule has 0 fully saturated rings. The van der Waals surface area contributed by atoms with Crippen LogP contribution < -0.4 is 5.32 Å². The Morgan fingerprint density at radius 3 is 2.33 bits per heavy atom. The number of nitrogens with zero attached hydrogens (tertiary/aromatic N) is 3. The highest BCUT2D eigenvalue weighted by atomic mass is 15.0. The fourth-order valence-electron chi connectivity index (χ4n) is 2.98. The maximum Gasteiger partial charge on any atom is 0.142 e. The zero-order valence-corrected chi connectivity index (χ0v) is 15.5. The van der Waals surface area contributed by atoms with Crippen molar-refractivity contribution in [3.63, 3.8) is 0 Å². The van der Waals surface area contributed by atoms with E-state index in [4.69, 9.17) is 10.7 Å². The number of rotatable bonds is 5. The van der Waals surface area contributed by atoms with E-state index in [-0.39, 0.29) is 0 Å². The third kappa shape index (κ3) is 4.18. The second kappa shape index (κ2) is 7.79. The smallest absolute Gasteiger partial charge is 0.142 e. The quantitative estimate of drug-likeness (QED) is 0.655. The molecule has 1 aromatic heterocycles. The highest BCUT2D eigenvalue weighted by Crippen LogP contribution is 2.26. The highest BCUT2D eigenvalue weighted by Gasteiger charge is 2.11. The van der Waals surface area contributed by atoms with E-state index in [1.807, 2.05) is 18.6 Å². The van der Waals surface area contributed by atoms with Gasteiger partial charge in [-0.2, -0.15) is 5.26 Å². The maximum absolute atomic E-state index is 8.90. The fraction of sp³-hybridized carbons (Fsp3) is 0.136. The average Bonchev–Trinajstić information content (AvgIpc) is 2.65. The van der Waals surface area contributed by atoms with Gasteiger partial charge in [0.2, 0.25) is 0 Å². The molecule has 3 aromatic rings. The van der Waals surface area contributed by atoms with Crippen LogP contribution in [-0.4, -0.2) is 16.2 Å². The van der Waals surface area contributed by atoms with E-state index in [0.717, 1.165) is 22.4 Å². The van der Waals surface area contributed by atoms with Crippen molar-refractivity contribution >= 4 is 17.7 Å². The third-order valence-electron chi connectivity index (χ3n) is 4.25. The molecule has 3 rings (SSSR count). The largest absolute Gasteiger partial charge is 0.339 e. The lowest BCUT2D eigenvalue weighted by Gasteiger charge is -2.15. The van der Waals surface area contributed by atoms with Crippen LogP contribution in [0, 0.1) is 43.9 Å². The van der Waals surface area contributed by atoms with Gasteiger partial charge in [0, 0.05) is 18.1 Å².